The first-order valence-electron chi connectivity index (χ1n) is 4.90. The van der Waals surface area contributed by atoms with E-state index >= 15 is 0 Å². The number of nitrogens with zero attached hydrogens (tertiary/aromatic N) is 1. The van der Waals surface area contributed by atoms with E-state index in [4.69, 9.17) is 0 Å². The number of aromatic nitrogens is 1. The van der Waals surface area contributed by atoms with Crippen molar-refractivity contribution in [3.8, 4) is 0 Å². The molecular formula is C10H12BrF3N2. The zero-order valence-corrected chi connectivity index (χ0v) is 10.1. The highest BCUT2D eigenvalue weighted by Crippen LogP contribution is 2.22. The number of halogens is 4. The molecule has 0 radical (unpaired) electrons. The van der Waals surface area contributed by atoms with E-state index in [1.807, 2.05) is 6.07 Å². The Balaban J connectivity index is 2.19. The maximum absolute atomic E-state index is 11.8. The minimum atomic E-state index is -4.05. The van der Waals surface area contributed by atoms with E-state index in [9.17, 15) is 13.2 Å². The minimum absolute atomic E-state index is 0.140. The number of nitrogens with one attached hydrogen (secondary N) is 1. The Labute approximate surface area is 100 Å². The molecule has 0 unspecified atom stereocenters. The van der Waals surface area contributed by atoms with Gasteiger partial charge in [-0.1, -0.05) is 0 Å². The summed E-state index contributed by atoms with van der Waals surface area (Å²) in [5, 5.41) is 2.97. The van der Waals surface area contributed by atoms with Crippen LogP contribution in [0.5, 0.6) is 0 Å². The van der Waals surface area contributed by atoms with E-state index in [0.717, 1.165) is 4.47 Å². The predicted octanol–water partition coefficient (Wildman–Crippen LogP) is 3.99. The molecule has 1 heterocycles. The van der Waals surface area contributed by atoms with E-state index in [-0.39, 0.29) is 6.42 Å². The molecule has 0 aliphatic rings. The molecule has 0 fully saturated rings. The summed E-state index contributed by atoms with van der Waals surface area (Å²) < 4.78 is 36.3. The average Bonchev–Trinajstić information content (AvgIpc) is 2.18. The first kappa shape index (κ1) is 13.3. The van der Waals surface area contributed by atoms with Gasteiger partial charge in [-0.05, 0) is 40.9 Å². The van der Waals surface area contributed by atoms with Gasteiger partial charge in [0.15, 0.2) is 0 Å². The fraction of sp³-hybridized carbons (Fsp3) is 0.500. The highest BCUT2D eigenvalue weighted by Gasteiger charge is 2.25. The van der Waals surface area contributed by atoms with Crippen molar-refractivity contribution in [3.05, 3.63) is 22.8 Å². The molecule has 0 amide bonds. The van der Waals surface area contributed by atoms with Crippen LogP contribution in [-0.2, 0) is 0 Å². The number of hydrogen-bond acceptors (Lipinski definition) is 2. The molecule has 90 valence electrons. The lowest BCUT2D eigenvalue weighted by atomic mass is 10.2. The molecule has 6 heteroatoms. The van der Waals surface area contributed by atoms with Gasteiger partial charge in [0, 0.05) is 19.2 Å². The molecule has 16 heavy (non-hydrogen) atoms. The van der Waals surface area contributed by atoms with Crippen LogP contribution in [0, 0.1) is 0 Å². The van der Waals surface area contributed by atoms with Crippen molar-refractivity contribution in [1.82, 2.24) is 4.98 Å². The van der Waals surface area contributed by atoms with Crippen LogP contribution in [0.3, 0.4) is 0 Å². The van der Waals surface area contributed by atoms with E-state index in [1.54, 1.807) is 12.3 Å². The second-order valence-electron chi connectivity index (χ2n) is 3.33. The maximum atomic E-state index is 11.8. The molecule has 2 nitrogen and oxygen atoms in total. The third-order valence-electron chi connectivity index (χ3n) is 1.94. The summed E-state index contributed by atoms with van der Waals surface area (Å²) in [6.45, 7) is 0.492. The molecule has 0 aliphatic heterocycles. The number of pyridine rings is 1. The Morgan fingerprint density at radius 3 is 2.69 bits per heavy atom. The van der Waals surface area contributed by atoms with E-state index < -0.39 is 12.6 Å². The van der Waals surface area contributed by atoms with Crippen molar-refractivity contribution in [2.24, 2.45) is 0 Å². The fourth-order valence-corrected chi connectivity index (χ4v) is 1.57. The molecule has 0 saturated carbocycles. The molecule has 1 aromatic rings. The third kappa shape index (κ3) is 5.34. The first-order chi connectivity index (χ1) is 7.49. The van der Waals surface area contributed by atoms with Gasteiger partial charge in [0.1, 0.15) is 5.82 Å². The smallest absolute Gasteiger partial charge is 0.369 e. The van der Waals surface area contributed by atoms with Gasteiger partial charge < -0.3 is 5.32 Å². The molecule has 0 saturated heterocycles. The summed E-state index contributed by atoms with van der Waals surface area (Å²) in [6.07, 6.45) is -2.53. The Kier molecular flexibility index (Phi) is 5.05. The van der Waals surface area contributed by atoms with Crippen LogP contribution in [0.15, 0.2) is 22.8 Å². The van der Waals surface area contributed by atoms with Crippen LogP contribution in [0.1, 0.15) is 19.3 Å². The summed E-state index contributed by atoms with van der Waals surface area (Å²) in [5.41, 5.74) is 0. The van der Waals surface area contributed by atoms with Gasteiger partial charge in [-0.15, -0.1) is 0 Å². The summed E-state index contributed by atoms with van der Waals surface area (Å²) in [7, 11) is 0. The number of unbranched alkanes of at least 4 members (excludes halogenated alkanes) is 1. The molecular weight excluding hydrogens is 285 g/mol. The largest absolute Gasteiger partial charge is 0.389 e. The highest BCUT2D eigenvalue weighted by molar-refractivity contribution is 9.10. The molecule has 1 aromatic heterocycles. The summed E-state index contributed by atoms with van der Waals surface area (Å²) in [5.74, 6) is 0.662. The average molecular weight is 297 g/mol. The number of rotatable bonds is 5. The molecule has 0 spiro atoms. The first-order valence-corrected chi connectivity index (χ1v) is 5.69. The molecule has 0 aliphatic carbocycles. The molecule has 0 bridgehead atoms. The van der Waals surface area contributed by atoms with Gasteiger partial charge >= 0.3 is 6.18 Å². The lowest BCUT2D eigenvalue weighted by Gasteiger charge is -2.08. The van der Waals surface area contributed by atoms with Gasteiger partial charge in [-0.2, -0.15) is 13.2 Å². The van der Waals surface area contributed by atoms with Gasteiger partial charge in [0.25, 0.3) is 0 Å². The maximum Gasteiger partial charge on any atom is 0.389 e. The van der Waals surface area contributed by atoms with E-state index in [1.165, 1.54) is 0 Å². The fourth-order valence-electron chi connectivity index (χ4n) is 1.17. The van der Waals surface area contributed by atoms with Crippen LogP contribution in [0.25, 0.3) is 0 Å². The van der Waals surface area contributed by atoms with Crippen molar-refractivity contribution in [3.63, 3.8) is 0 Å². The van der Waals surface area contributed by atoms with Gasteiger partial charge in [0.05, 0.1) is 4.47 Å². The summed E-state index contributed by atoms with van der Waals surface area (Å²) >= 11 is 3.29. The summed E-state index contributed by atoms with van der Waals surface area (Å²) in [6, 6.07) is 3.60. The normalized spacial score (nSPS) is 11.5. The molecule has 1 rings (SSSR count). The second kappa shape index (κ2) is 6.08. The van der Waals surface area contributed by atoms with E-state index in [0.29, 0.717) is 18.8 Å². The predicted molar refractivity (Wildman–Crippen MR) is 60.3 cm³/mol. The van der Waals surface area contributed by atoms with Crippen molar-refractivity contribution in [2.75, 3.05) is 11.9 Å². The van der Waals surface area contributed by atoms with Crippen molar-refractivity contribution < 1.29 is 13.2 Å². The number of hydrogen-bond donors (Lipinski definition) is 1. The van der Waals surface area contributed by atoms with Crippen LogP contribution >= 0.6 is 15.9 Å². The third-order valence-corrected chi connectivity index (χ3v) is 2.58. The Bertz CT molecular complexity index is 328. The highest BCUT2D eigenvalue weighted by atomic mass is 79.9. The van der Waals surface area contributed by atoms with Crippen LogP contribution in [0.4, 0.5) is 19.0 Å². The second-order valence-corrected chi connectivity index (χ2v) is 4.19. The van der Waals surface area contributed by atoms with Gasteiger partial charge in [-0.25, -0.2) is 4.98 Å². The zero-order chi connectivity index (χ0) is 12.0. The molecule has 1 N–H and O–H groups in total. The number of anilines is 1. The van der Waals surface area contributed by atoms with E-state index in [2.05, 4.69) is 26.2 Å². The molecule has 0 aromatic carbocycles. The quantitative estimate of drug-likeness (QED) is 0.831. The lowest BCUT2D eigenvalue weighted by Crippen LogP contribution is -2.09. The zero-order valence-electron chi connectivity index (χ0n) is 8.52. The number of alkyl halides is 3. The minimum Gasteiger partial charge on any atom is -0.369 e. The SMILES string of the molecule is FC(F)(F)CCCCNc1ncccc1Br. The Morgan fingerprint density at radius 2 is 2.06 bits per heavy atom. The van der Waals surface area contributed by atoms with Crippen molar-refractivity contribution in [1.29, 1.82) is 0 Å². The van der Waals surface area contributed by atoms with Crippen molar-refractivity contribution >= 4 is 21.7 Å². The van der Waals surface area contributed by atoms with Gasteiger partial charge in [0.2, 0.25) is 0 Å². The topological polar surface area (TPSA) is 24.9 Å². The Hall–Kier alpha value is -0.780. The monoisotopic (exact) mass is 296 g/mol. The summed E-state index contributed by atoms with van der Waals surface area (Å²) in [4.78, 5) is 4.04. The standard InChI is InChI=1S/C10H12BrF3N2/c11-8-4-3-7-16-9(8)15-6-2-1-5-10(12,13)14/h3-4,7H,1-2,5-6H2,(H,15,16). The van der Waals surface area contributed by atoms with Crippen molar-refractivity contribution in [2.45, 2.75) is 25.4 Å². The van der Waals surface area contributed by atoms with Crippen LogP contribution in [-0.4, -0.2) is 17.7 Å². The molecule has 0 atom stereocenters. The van der Waals surface area contributed by atoms with Crippen LogP contribution in [0.2, 0.25) is 0 Å². The van der Waals surface area contributed by atoms with Gasteiger partial charge in [-0.3, -0.25) is 0 Å². The van der Waals surface area contributed by atoms with Crippen LogP contribution < -0.4 is 5.32 Å². The Morgan fingerprint density at radius 1 is 1.31 bits per heavy atom. The lowest BCUT2D eigenvalue weighted by molar-refractivity contribution is -0.135.